The number of pyridine rings is 1. The first-order chi connectivity index (χ1) is 9.25. The highest BCUT2D eigenvalue weighted by atomic mass is 14.7. The molecule has 0 radical (unpaired) electrons. The van der Waals surface area contributed by atoms with E-state index in [-0.39, 0.29) is 6.04 Å². The Morgan fingerprint density at radius 2 is 1.89 bits per heavy atom. The van der Waals surface area contributed by atoms with E-state index in [4.69, 9.17) is 5.73 Å². The Morgan fingerprint density at radius 3 is 2.63 bits per heavy atom. The zero-order chi connectivity index (χ0) is 13.2. The molecule has 1 aromatic carbocycles. The van der Waals surface area contributed by atoms with Crippen molar-refractivity contribution in [1.29, 1.82) is 0 Å². The average molecular weight is 251 g/mol. The van der Waals surface area contributed by atoms with Gasteiger partial charge in [-0.2, -0.15) is 0 Å². The minimum Gasteiger partial charge on any atom is -0.354 e. The van der Waals surface area contributed by atoms with Gasteiger partial charge in [-0.15, -0.1) is 0 Å². The van der Waals surface area contributed by atoms with Crippen molar-refractivity contribution in [3.05, 3.63) is 54.4 Å². The summed E-state index contributed by atoms with van der Waals surface area (Å²) in [6.45, 7) is 2.04. The van der Waals surface area contributed by atoms with Gasteiger partial charge in [0.1, 0.15) is 0 Å². The molecule has 0 aliphatic heterocycles. The van der Waals surface area contributed by atoms with E-state index in [1.807, 2.05) is 37.5 Å². The third kappa shape index (κ3) is 2.25. The summed E-state index contributed by atoms with van der Waals surface area (Å²) in [7, 11) is 0. The first-order valence-corrected chi connectivity index (χ1v) is 6.51. The molecule has 96 valence electrons. The fourth-order valence-electron chi connectivity index (χ4n) is 2.50. The van der Waals surface area contributed by atoms with Crippen LogP contribution in [0.2, 0.25) is 0 Å². The van der Waals surface area contributed by atoms with E-state index in [1.54, 1.807) is 0 Å². The van der Waals surface area contributed by atoms with Crippen molar-refractivity contribution in [3.63, 3.8) is 0 Å². The summed E-state index contributed by atoms with van der Waals surface area (Å²) in [6, 6.07) is 12.5. The Morgan fingerprint density at radius 1 is 1.16 bits per heavy atom. The standard InChI is InChI=1S/C16H17N3/c1-11(17)10-14-13-4-2-3-5-15(13)19-16(14)12-6-8-18-9-7-12/h2-9,11,19H,10,17H2,1H3. The quantitative estimate of drug-likeness (QED) is 0.751. The molecule has 19 heavy (non-hydrogen) atoms. The van der Waals surface area contributed by atoms with Gasteiger partial charge in [0.25, 0.3) is 0 Å². The van der Waals surface area contributed by atoms with Gasteiger partial charge in [-0.3, -0.25) is 4.98 Å². The molecule has 0 saturated heterocycles. The molecule has 0 amide bonds. The second-order valence-electron chi connectivity index (χ2n) is 4.94. The Bertz CT molecular complexity index is 684. The van der Waals surface area contributed by atoms with Crippen LogP contribution < -0.4 is 5.73 Å². The van der Waals surface area contributed by atoms with Crippen LogP contribution in [0.3, 0.4) is 0 Å². The van der Waals surface area contributed by atoms with E-state index in [0.29, 0.717) is 0 Å². The van der Waals surface area contributed by atoms with Crippen molar-refractivity contribution < 1.29 is 0 Å². The number of aromatic amines is 1. The topological polar surface area (TPSA) is 54.7 Å². The third-order valence-corrected chi connectivity index (χ3v) is 3.31. The summed E-state index contributed by atoms with van der Waals surface area (Å²) in [5, 5.41) is 1.26. The van der Waals surface area contributed by atoms with Crippen molar-refractivity contribution in [2.24, 2.45) is 5.73 Å². The number of hydrogen-bond acceptors (Lipinski definition) is 2. The van der Waals surface area contributed by atoms with E-state index in [9.17, 15) is 0 Å². The maximum Gasteiger partial charge on any atom is 0.0499 e. The van der Waals surface area contributed by atoms with Crippen LogP contribution in [0.5, 0.6) is 0 Å². The molecular weight excluding hydrogens is 234 g/mol. The Hall–Kier alpha value is -2.13. The number of nitrogens with one attached hydrogen (secondary N) is 1. The number of hydrogen-bond donors (Lipinski definition) is 2. The zero-order valence-electron chi connectivity index (χ0n) is 10.9. The first-order valence-electron chi connectivity index (χ1n) is 6.51. The Kier molecular flexibility index (Phi) is 3.05. The average Bonchev–Trinajstić information content (AvgIpc) is 2.78. The predicted octanol–water partition coefficient (Wildman–Crippen LogP) is 3.12. The third-order valence-electron chi connectivity index (χ3n) is 3.31. The fraction of sp³-hybridized carbons (Fsp3) is 0.188. The minimum atomic E-state index is 0.139. The highest BCUT2D eigenvalue weighted by molar-refractivity contribution is 5.90. The van der Waals surface area contributed by atoms with Crippen molar-refractivity contribution >= 4 is 10.9 Å². The normalized spacial score (nSPS) is 12.7. The van der Waals surface area contributed by atoms with Gasteiger partial charge in [0, 0.05) is 40.6 Å². The smallest absolute Gasteiger partial charge is 0.0499 e. The number of nitrogens with two attached hydrogens (primary N) is 1. The molecule has 3 rings (SSSR count). The van der Waals surface area contributed by atoms with Gasteiger partial charge in [0.15, 0.2) is 0 Å². The Labute approximate surface area is 112 Å². The molecule has 1 unspecified atom stereocenters. The van der Waals surface area contributed by atoms with E-state index < -0.39 is 0 Å². The molecular formula is C16H17N3. The highest BCUT2D eigenvalue weighted by Gasteiger charge is 2.13. The van der Waals surface area contributed by atoms with Crippen LogP contribution in [0.1, 0.15) is 12.5 Å². The maximum atomic E-state index is 6.00. The van der Waals surface area contributed by atoms with E-state index in [0.717, 1.165) is 23.2 Å². The van der Waals surface area contributed by atoms with Crippen molar-refractivity contribution in [1.82, 2.24) is 9.97 Å². The fourth-order valence-corrected chi connectivity index (χ4v) is 2.50. The molecule has 3 aromatic rings. The van der Waals surface area contributed by atoms with Crippen LogP contribution >= 0.6 is 0 Å². The molecule has 0 aliphatic rings. The highest BCUT2D eigenvalue weighted by Crippen LogP contribution is 2.30. The van der Waals surface area contributed by atoms with Crippen LogP contribution in [0, 0.1) is 0 Å². The molecule has 0 aliphatic carbocycles. The first kappa shape index (κ1) is 11.9. The SMILES string of the molecule is CC(N)Cc1c(-c2ccncc2)[nH]c2ccccc12. The lowest BCUT2D eigenvalue weighted by Gasteiger charge is -2.07. The molecule has 0 bridgehead atoms. The van der Waals surface area contributed by atoms with Gasteiger partial charge in [0.05, 0.1) is 0 Å². The second kappa shape index (κ2) is 4.86. The summed E-state index contributed by atoms with van der Waals surface area (Å²) in [5.41, 5.74) is 10.7. The summed E-state index contributed by atoms with van der Waals surface area (Å²) in [5.74, 6) is 0. The van der Waals surface area contributed by atoms with Gasteiger partial charge in [-0.05, 0) is 37.1 Å². The van der Waals surface area contributed by atoms with Crippen LogP contribution in [0.25, 0.3) is 22.2 Å². The second-order valence-corrected chi connectivity index (χ2v) is 4.94. The summed E-state index contributed by atoms with van der Waals surface area (Å²) in [4.78, 5) is 7.58. The summed E-state index contributed by atoms with van der Waals surface area (Å²) < 4.78 is 0. The van der Waals surface area contributed by atoms with E-state index in [2.05, 4.69) is 28.2 Å². The van der Waals surface area contributed by atoms with E-state index in [1.165, 1.54) is 10.9 Å². The number of benzene rings is 1. The summed E-state index contributed by atoms with van der Waals surface area (Å²) in [6.07, 6.45) is 4.49. The Balaban J connectivity index is 2.23. The number of rotatable bonds is 3. The van der Waals surface area contributed by atoms with Gasteiger partial charge >= 0.3 is 0 Å². The van der Waals surface area contributed by atoms with Crippen LogP contribution in [0.4, 0.5) is 0 Å². The van der Waals surface area contributed by atoms with Crippen molar-refractivity contribution in [2.45, 2.75) is 19.4 Å². The minimum absolute atomic E-state index is 0.139. The molecule has 0 fully saturated rings. The molecule has 1 atom stereocenters. The number of H-pyrrole nitrogens is 1. The van der Waals surface area contributed by atoms with Crippen LogP contribution in [-0.2, 0) is 6.42 Å². The molecule has 0 saturated carbocycles. The van der Waals surface area contributed by atoms with Gasteiger partial charge in [-0.1, -0.05) is 18.2 Å². The largest absolute Gasteiger partial charge is 0.354 e. The van der Waals surface area contributed by atoms with Gasteiger partial charge in [-0.25, -0.2) is 0 Å². The molecule has 3 nitrogen and oxygen atoms in total. The predicted molar refractivity (Wildman–Crippen MR) is 78.9 cm³/mol. The number of para-hydroxylation sites is 1. The van der Waals surface area contributed by atoms with Crippen molar-refractivity contribution in [3.8, 4) is 11.3 Å². The lowest BCUT2D eigenvalue weighted by molar-refractivity contribution is 0.742. The lowest BCUT2D eigenvalue weighted by atomic mass is 10.0. The van der Waals surface area contributed by atoms with Gasteiger partial charge in [0.2, 0.25) is 0 Å². The van der Waals surface area contributed by atoms with E-state index >= 15 is 0 Å². The molecule has 0 spiro atoms. The number of fused-ring (bicyclic) bond motifs is 1. The zero-order valence-corrected chi connectivity index (χ0v) is 10.9. The van der Waals surface area contributed by atoms with Gasteiger partial charge < -0.3 is 10.7 Å². The number of nitrogens with zero attached hydrogens (tertiary/aromatic N) is 1. The molecule has 2 aromatic heterocycles. The van der Waals surface area contributed by atoms with Crippen LogP contribution in [-0.4, -0.2) is 16.0 Å². The number of aromatic nitrogens is 2. The van der Waals surface area contributed by atoms with Crippen LogP contribution in [0.15, 0.2) is 48.8 Å². The molecule has 3 heteroatoms. The molecule has 2 heterocycles. The lowest BCUT2D eigenvalue weighted by Crippen LogP contribution is -2.18. The maximum absolute atomic E-state index is 6.00. The summed E-state index contributed by atoms with van der Waals surface area (Å²) >= 11 is 0. The molecule has 3 N–H and O–H groups in total. The van der Waals surface area contributed by atoms with Crippen molar-refractivity contribution in [2.75, 3.05) is 0 Å². The monoisotopic (exact) mass is 251 g/mol.